The second kappa shape index (κ2) is 6.63. The number of benzene rings is 1. The third-order valence-electron chi connectivity index (χ3n) is 4.14. The molecule has 0 aliphatic carbocycles. The molecule has 0 amide bonds. The van der Waals surface area contributed by atoms with Gasteiger partial charge in [-0.3, -0.25) is 0 Å². The van der Waals surface area contributed by atoms with Crippen LogP contribution in [0.3, 0.4) is 0 Å². The minimum absolute atomic E-state index is 0.447. The smallest absolute Gasteiger partial charge is 0.136 e. The molecule has 112 valence electrons. The van der Waals surface area contributed by atoms with Gasteiger partial charge in [0.05, 0.1) is 11.6 Å². The van der Waals surface area contributed by atoms with E-state index in [9.17, 15) is 0 Å². The third kappa shape index (κ3) is 3.30. The maximum absolute atomic E-state index is 6.00. The molecule has 4 heteroatoms. The summed E-state index contributed by atoms with van der Waals surface area (Å²) in [5.41, 5.74) is 0.934. The van der Waals surface area contributed by atoms with E-state index in [4.69, 9.17) is 21.3 Å². The molecule has 1 saturated heterocycles. The highest BCUT2D eigenvalue weighted by atomic mass is 35.5. The predicted molar refractivity (Wildman–Crippen MR) is 88.1 cm³/mol. The minimum Gasteiger partial charge on any atom is -0.381 e. The van der Waals surface area contributed by atoms with Crippen LogP contribution in [0, 0.1) is 5.92 Å². The lowest BCUT2D eigenvalue weighted by molar-refractivity contribution is 0.0685. The van der Waals surface area contributed by atoms with Crippen molar-refractivity contribution in [1.29, 1.82) is 0 Å². The van der Waals surface area contributed by atoms with E-state index in [0.717, 1.165) is 44.1 Å². The zero-order valence-electron chi connectivity index (χ0n) is 12.4. The first-order chi connectivity index (χ1) is 10.3. The number of pyridine rings is 1. The molecule has 1 fully saturated rings. The van der Waals surface area contributed by atoms with E-state index < -0.39 is 0 Å². The maximum Gasteiger partial charge on any atom is 0.136 e. The number of nitrogens with zero attached hydrogens (tertiary/aromatic N) is 2. The Morgan fingerprint density at radius 3 is 2.81 bits per heavy atom. The van der Waals surface area contributed by atoms with Gasteiger partial charge in [-0.2, -0.15) is 0 Å². The SMILES string of the molecule is CN(CC1CCOCC1)c1nc(CCl)cc2ccccc12. The van der Waals surface area contributed by atoms with Crippen LogP contribution < -0.4 is 4.90 Å². The van der Waals surface area contributed by atoms with Crippen molar-refractivity contribution in [2.75, 3.05) is 31.7 Å². The van der Waals surface area contributed by atoms with Crippen molar-refractivity contribution in [3.63, 3.8) is 0 Å². The summed E-state index contributed by atoms with van der Waals surface area (Å²) in [6.07, 6.45) is 2.27. The monoisotopic (exact) mass is 304 g/mol. The highest BCUT2D eigenvalue weighted by Crippen LogP contribution is 2.27. The summed E-state index contributed by atoms with van der Waals surface area (Å²) in [7, 11) is 2.13. The van der Waals surface area contributed by atoms with Gasteiger partial charge in [0.15, 0.2) is 0 Å². The zero-order valence-corrected chi connectivity index (χ0v) is 13.1. The van der Waals surface area contributed by atoms with E-state index in [1.165, 1.54) is 10.8 Å². The Morgan fingerprint density at radius 2 is 2.05 bits per heavy atom. The fourth-order valence-electron chi connectivity index (χ4n) is 3.00. The molecule has 0 unspecified atom stereocenters. The molecule has 0 spiro atoms. The largest absolute Gasteiger partial charge is 0.381 e. The Morgan fingerprint density at radius 1 is 1.29 bits per heavy atom. The topological polar surface area (TPSA) is 25.4 Å². The number of fused-ring (bicyclic) bond motifs is 1. The molecule has 0 bridgehead atoms. The molecule has 0 radical (unpaired) electrons. The molecule has 0 saturated carbocycles. The van der Waals surface area contributed by atoms with Crippen LogP contribution in [0.25, 0.3) is 10.8 Å². The van der Waals surface area contributed by atoms with E-state index in [2.05, 4.69) is 42.3 Å². The summed E-state index contributed by atoms with van der Waals surface area (Å²) in [5, 5.41) is 2.40. The van der Waals surface area contributed by atoms with E-state index in [0.29, 0.717) is 11.8 Å². The highest BCUT2D eigenvalue weighted by molar-refractivity contribution is 6.17. The normalized spacial score (nSPS) is 16.3. The van der Waals surface area contributed by atoms with Crippen LogP contribution in [0.5, 0.6) is 0 Å². The molecule has 21 heavy (non-hydrogen) atoms. The van der Waals surface area contributed by atoms with Crippen LogP contribution in [0.4, 0.5) is 5.82 Å². The number of hydrogen-bond acceptors (Lipinski definition) is 3. The summed E-state index contributed by atoms with van der Waals surface area (Å²) in [6, 6.07) is 10.5. The summed E-state index contributed by atoms with van der Waals surface area (Å²) in [6.45, 7) is 2.79. The van der Waals surface area contributed by atoms with Crippen molar-refractivity contribution in [2.45, 2.75) is 18.7 Å². The lowest BCUT2D eigenvalue weighted by Gasteiger charge is -2.28. The van der Waals surface area contributed by atoms with Gasteiger partial charge in [-0.15, -0.1) is 11.6 Å². The second-order valence-corrected chi connectivity index (χ2v) is 6.00. The molecule has 2 aromatic rings. The van der Waals surface area contributed by atoms with E-state index in [-0.39, 0.29) is 0 Å². The Kier molecular flexibility index (Phi) is 4.61. The first-order valence-corrected chi connectivity index (χ1v) is 8.05. The van der Waals surface area contributed by atoms with Crippen molar-refractivity contribution < 1.29 is 4.74 Å². The third-order valence-corrected chi connectivity index (χ3v) is 4.42. The molecule has 1 aromatic carbocycles. The molecular weight excluding hydrogens is 284 g/mol. The zero-order chi connectivity index (χ0) is 14.7. The standard InChI is InChI=1S/C17H21ClN2O/c1-20(12-13-6-8-21-9-7-13)17-16-5-3-2-4-14(16)10-15(11-18)19-17/h2-5,10,13H,6-9,11-12H2,1H3. The van der Waals surface area contributed by atoms with Crippen molar-refractivity contribution >= 4 is 28.2 Å². The molecule has 1 aliphatic rings. The van der Waals surface area contributed by atoms with Crippen LogP contribution in [0.2, 0.25) is 0 Å². The summed E-state index contributed by atoms with van der Waals surface area (Å²) in [5.74, 6) is 2.17. The Bertz CT molecular complexity index is 611. The van der Waals surface area contributed by atoms with Gasteiger partial charge in [-0.1, -0.05) is 24.3 Å². The average Bonchev–Trinajstić information content (AvgIpc) is 2.54. The molecular formula is C17H21ClN2O. The van der Waals surface area contributed by atoms with Gasteiger partial charge in [0.1, 0.15) is 5.82 Å². The van der Waals surface area contributed by atoms with Crippen molar-refractivity contribution in [1.82, 2.24) is 4.98 Å². The number of aromatic nitrogens is 1. The van der Waals surface area contributed by atoms with Gasteiger partial charge in [0, 0.05) is 32.2 Å². The van der Waals surface area contributed by atoms with Crippen molar-refractivity contribution in [2.24, 2.45) is 5.92 Å². The molecule has 0 atom stereocenters. The number of ether oxygens (including phenoxy) is 1. The Balaban J connectivity index is 1.90. The van der Waals surface area contributed by atoms with Crippen molar-refractivity contribution in [3.8, 4) is 0 Å². The van der Waals surface area contributed by atoms with Gasteiger partial charge in [-0.05, 0) is 30.2 Å². The van der Waals surface area contributed by atoms with Gasteiger partial charge in [-0.25, -0.2) is 4.98 Å². The fourth-order valence-corrected chi connectivity index (χ4v) is 3.13. The fraction of sp³-hybridized carbons (Fsp3) is 0.471. The van der Waals surface area contributed by atoms with E-state index in [1.54, 1.807) is 0 Å². The van der Waals surface area contributed by atoms with Crippen LogP contribution in [0.15, 0.2) is 30.3 Å². The number of halogens is 1. The van der Waals surface area contributed by atoms with Gasteiger partial charge < -0.3 is 9.64 Å². The number of hydrogen-bond donors (Lipinski definition) is 0. The lowest BCUT2D eigenvalue weighted by atomic mass is 9.99. The predicted octanol–water partition coefficient (Wildman–Crippen LogP) is 3.84. The molecule has 3 nitrogen and oxygen atoms in total. The summed E-state index contributed by atoms with van der Waals surface area (Å²) < 4.78 is 5.44. The number of anilines is 1. The first kappa shape index (κ1) is 14.6. The van der Waals surface area contributed by atoms with Gasteiger partial charge in [0.25, 0.3) is 0 Å². The van der Waals surface area contributed by atoms with Gasteiger partial charge >= 0.3 is 0 Å². The summed E-state index contributed by atoms with van der Waals surface area (Å²) >= 11 is 6.00. The average molecular weight is 305 g/mol. The Hall–Kier alpha value is -1.32. The summed E-state index contributed by atoms with van der Waals surface area (Å²) in [4.78, 5) is 7.02. The molecule has 1 aromatic heterocycles. The minimum atomic E-state index is 0.447. The Labute approximate surface area is 130 Å². The number of alkyl halides is 1. The van der Waals surface area contributed by atoms with Crippen LogP contribution in [0.1, 0.15) is 18.5 Å². The lowest BCUT2D eigenvalue weighted by Crippen LogP contribution is -2.30. The molecule has 1 aliphatic heterocycles. The van der Waals surface area contributed by atoms with Crippen molar-refractivity contribution in [3.05, 3.63) is 36.0 Å². The maximum atomic E-state index is 6.00. The van der Waals surface area contributed by atoms with E-state index >= 15 is 0 Å². The molecule has 3 rings (SSSR count). The van der Waals surface area contributed by atoms with Crippen LogP contribution in [-0.2, 0) is 10.6 Å². The molecule has 0 N–H and O–H groups in total. The van der Waals surface area contributed by atoms with Crippen LogP contribution in [-0.4, -0.2) is 31.8 Å². The number of rotatable bonds is 4. The van der Waals surface area contributed by atoms with Crippen LogP contribution >= 0.6 is 11.6 Å². The molecule has 2 heterocycles. The highest BCUT2D eigenvalue weighted by Gasteiger charge is 2.18. The second-order valence-electron chi connectivity index (χ2n) is 5.73. The first-order valence-electron chi connectivity index (χ1n) is 7.51. The quantitative estimate of drug-likeness (QED) is 0.803. The van der Waals surface area contributed by atoms with E-state index in [1.807, 2.05) is 0 Å². The van der Waals surface area contributed by atoms with Gasteiger partial charge in [0.2, 0.25) is 0 Å².